The lowest BCUT2D eigenvalue weighted by atomic mass is 10.1. The summed E-state index contributed by atoms with van der Waals surface area (Å²) in [4.78, 5) is 13.0. The van der Waals surface area contributed by atoms with E-state index in [1.807, 2.05) is 55.7 Å². The van der Waals surface area contributed by atoms with Crippen molar-refractivity contribution in [2.45, 2.75) is 6.61 Å². The summed E-state index contributed by atoms with van der Waals surface area (Å²) >= 11 is 0. The van der Waals surface area contributed by atoms with Crippen molar-refractivity contribution in [1.29, 1.82) is 0 Å². The van der Waals surface area contributed by atoms with Gasteiger partial charge in [0.25, 0.3) is 5.91 Å². The third kappa shape index (κ3) is 4.93. The van der Waals surface area contributed by atoms with Gasteiger partial charge in [0.1, 0.15) is 18.1 Å². The molecule has 0 spiro atoms. The van der Waals surface area contributed by atoms with Crippen LogP contribution in [0.3, 0.4) is 0 Å². The molecule has 1 aromatic heterocycles. The number of anilines is 1. The highest BCUT2D eigenvalue weighted by Crippen LogP contribution is 2.29. The molecular formula is C25H23N3O3. The van der Waals surface area contributed by atoms with Gasteiger partial charge >= 0.3 is 0 Å². The maximum absolute atomic E-state index is 13.0. The lowest BCUT2D eigenvalue weighted by molar-refractivity contribution is 0.102. The zero-order chi connectivity index (χ0) is 21.6. The first-order valence-corrected chi connectivity index (χ1v) is 9.87. The standard InChI is InChI=1S/C25H23N3O3/c1-28-16-20(15-26-28)19-8-13-23(24(14-19)31-17-18-6-4-3-5-7-18)25(29)27-21-9-11-22(30-2)12-10-21/h3-16H,17H2,1-2H3,(H,27,29). The third-order valence-corrected chi connectivity index (χ3v) is 4.85. The Morgan fingerprint density at radius 3 is 2.45 bits per heavy atom. The van der Waals surface area contributed by atoms with Crippen LogP contribution in [-0.4, -0.2) is 22.8 Å². The maximum atomic E-state index is 13.0. The number of carbonyl (C=O) groups is 1. The molecule has 6 heteroatoms. The minimum Gasteiger partial charge on any atom is -0.497 e. The first-order valence-electron chi connectivity index (χ1n) is 9.87. The van der Waals surface area contributed by atoms with E-state index in [-0.39, 0.29) is 5.91 Å². The summed E-state index contributed by atoms with van der Waals surface area (Å²) in [5.74, 6) is 0.993. The third-order valence-electron chi connectivity index (χ3n) is 4.85. The number of benzene rings is 3. The monoisotopic (exact) mass is 413 g/mol. The van der Waals surface area contributed by atoms with Crippen molar-refractivity contribution < 1.29 is 14.3 Å². The highest BCUT2D eigenvalue weighted by Gasteiger charge is 2.15. The molecule has 1 amide bonds. The number of hydrogen-bond acceptors (Lipinski definition) is 4. The van der Waals surface area contributed by atoms with Gasteiger partial charge in [-0.2, -0.15) is 5.10 Å². The summed E-state index contributed by atoms with van der Waals surface area (Å²) in [6.07, 6.45) is 3.71. The van der Waals surface area contributed by atoms with Crippen LogP contribution in [0.1, 0.15) is 15.9 Å². The van der Waals surface area contributed by atoms with Gasteiger partial charge in [0.15, 0.2) is 0 Å². The van der Waals surface area contributed by atoms with Gasteiger partial charge in [-0.05, 0) is 47.5 Å². The second-order valence-corrected chi connectivity index (χ2v) is 7.07. The highest BCUT2D eigenvalue weighted by atomic mass is 16.5. The number of amides is 1. The number of nitrogens with zero attached hydrogens (tertiary/aromatic N) is 2. The summed E-state index contributed by atoms with van der Waals surface area (Å²) in [5, 5.41) is 7.15. The van der Waals surface area contributed by atoms with E-state index in [0.29, 0.717) is 23.6 Å². The summed E-state index contributed by atoms with van der Waals surface area (Å²) in [5.41, 5.74) is 4.04. The number of ether oxygens (including phenoxy) is 2. The second-order valence-electron chi connectivity index (χ2n) is 7.07. The number of methoxy groups -OCH3 is 1. The van der Waals surface area contributed by atoms with Crippen molar-refractivity contribution in [2.75, 3.05) is 12.4 Å². The molecule has 4 aromatic rings. The van der Waals surface area contributed by atoms with Gasteiger partial charge in [-0.25, -0.2) is 0 Å². The Balaban J connectivity index is 1.61. The molecule has 0 fully saturated rings. The topological polar surface area (TPSA) is 65.4 Å². The molecule has 156 valence electrons. The molecule has 0 saturated carbocycles. The van der Waals surface area contributed by atoms with Crippen molar-refractivity contribution in [3.05, 3.63) is 96.3 Å². The van der Waals surface area contributed by atoms with Crippen LogP contribution in [0.15, 0.2) is 85.2 Å². The number of carbonyl (C=O) groups excluding carboxylic acids is 1. The summed E-state index contributed by atoms with van der Waals surface area (Å²) in [6, 6.07) is 22.6. The van der Waals surface area contributed by atoms with Crippen molar-refractivity contribution in [3.63, 3.8) is 0 Å². The minimum absolute atomic E-state index is 0.244. The largest absolute Gasteiger partial charge is 0.497 e. The van der Waals surface area contributed by atoms with E-state index in [2.05, 4.69) is 10.4 Å². The van der Waals surface area contributed by atoms with Crippen LogP contribution >= 0.6 is 0 Å². The van der Waals surface area contributed by atoms with Gasteiger partial charge in [-0.3, -0.25) is 9.48 Å². The van der Waals surface area contributed by atoms with E-state index in [9.17, 15) is 4.79 Å². The molecule has 6 nitrogen and oxygen atoms in total. The lowest BCUT2D eigenvalue weighted by Crippen LogP contribution is -2.14. The molecule has 4 rings (SSSR count). The number of aryl methyl sites for hydroxylation is 1. The van der Waals surface area contributed by atoms with Crippen LogP contribution in [0.2, 0.25) is 0 Å². The zero-order valence-electron chi connectivity index (χ0n) is 17.4. The number of rotatable bonds is 7. The molecule has 1 N–H and O–H groups in total. The quantitative estimate of drug-likeness (QED) is 0.467. The maximum Gasteiger partial charge on any atom is 0.259 e. The Kier molecular flexibility index (Phi) is 5.98. The predicted octanol–water partition coefficient (Wildman–Crippen LogP) is 4.93. The SMILES string of the molecule is COc1ccc(NC(=O)c2ccc(-c3cnn(C)c3)cc2OCc2ccccc2)cc1. The van der Waals surface area contributed by atoms with Gasteiger partial charge in [0.2, 0.25) is 0 Å². The fraction of sp³-hybridized carbons (Fsp3) is 0.120. The van der Waals surface area contributed by atoms with Crippen LogP contribution in [0.4, 0.5) is 5.69 Å². The van der Waals surface area contributed by atoms with Crippen molar-refractivity contribution in [3.8, 4) is 22.6 Å². The van der Waals surface area contributed by atoms with Crippen molar-refractivity contribution in [1.82, 2.24) is 9.78 Å². The van der Waals surface area contributed by atoms with E-state index >= 15 is 0 Å². The molecule has 0 saturated heterocycles. The molecule has 0 unspecified atom stereocenters. The molecule has 0 aliphatic carbocycles. The molecule has 31 heavy (non-hydrogen) atoms. The van der Waals surface area contributed by atoms with Crippen molar-refractivity contribution >= 4 is 11.6 Å². The number of hydrogen-bond donors (Lipinski definition) is 1. The van der Waals surface area contributed by atoms with Gasteiger partial charge in [-0.1, -0.05) is 36.4 Å². The van der Waals surface area contributed by atoms with Crippen LogP contribution in [0.25, 0.3) is 11.1 Å². The molecule has 0 aliphatic heterocycles. The van der Waals surface area contributed by atoms with E-state index in [4.69, 9.17) is 9.47 Å². The molecule has 1 heterocycles. The van der Waals surface area contributed by atoms with Gasteiger partial charge < -0.3 is 14.8 Å². The Morgan fingerprint density at radius 2 is 1.77 bits per heavy atom. The molecule has 0 radical (unpaired) electrons. The smallest absolute Gasteiger partial charge is 0.259 e. The fourth-order valence-corrected chi connectivity index (χ4v) is 3.19. The van der Waals surface area contributed by atoms with Crippen LogP contribution in [0, 0.1) is 0 Å². The first-order chi connectivity index (χ1) is 15.1. The summed E-state index contributed by atoms with van der Waals surface area (Å²) in [6.45, 7) is 0.361. The van der Waals surface area contributed by atoms with Crippen LogP contribution < -0.4 is 14.8 Å². The Morgan fingerprint density at radius 1 is 1.00 bits per heavy atom. The average molecular weight is 413 g/mol. The van der Waals surface area contributed by atoms with Crippen LogP contribution in [0.5, 0.6) is 11.5 Å². The average Bonchev–Trinajstić information content (AvgIpc) is 3.25. The van der Waals surface area contributed by atoms with Crippen molar-refractivity contribution in [2.24, 2.45) is 7.05 Å². The lowest BCUT2D eigenvalue weighted by Gasteiger charge is -2.14. The van der Waals surface area contributed by atoms with E-state index in [0.717, 1.165) is 22.4 Å². The molecule has 0 aliphatic rings. The normalized spacial score (nSPS) is 10.5. The highest BCUT2D eigenvalue weighted by molar-refractivity contribution is 6.06. The van der Waals surface area contributed by atoms with Gasteiger partial charge in [0.05, 0.1) is 18.9 Å². The number of nitrogens with one attached hydrogen (secondary N) is 1. The van der Waals surface area contributed by atoms with Gasteiger partial charge in [0, 0.05) is 24.5 Å². The molecule has 3 aromatic carbocycles. The minimum atomic E-state index is -0.244. The molecular weight excluding hydrogens is 390 g/mol. The van der Waals surface area contributed by atoms with E-state index in [1.54, 1.807) is 48.3 Å². The van der Waals surface area contributed by atoms with Crippen LogP contribution in [-0.2, 0) is 13.7 Å². The Hall–Kier alpha value is -4.06. The second kappa shape index (κ2) is 9.17. The Labute approximate surface area is 181 Å². The zero-order valence-corrected chi connectivity index (χ0v) is 17.4. The summed E-state index contributed by atoms with van der Waals surface area (Å²) < 4.78 is 13.0. The fourth-order valence-electron chi connectivity index (χ4n) is 3.19. The molecule has 0 atom stereocenters. The number of aromatic nitrogens is 2. The first kappa shape index (κ1) is 20.2. The van der Waals surface area contributed by atoms with E-state index < -0.39 is 0 Å². The van der Waals surface area contributed by atoms with Gasteiger partial charge in [-0.15, -0.1) is 0 Å². The Bertz CT molecular complexity index is 1170. The predicted molar refractivity (Wildman–Crippen MR) is 120 cm³/mol. The van der Waals surface area contributed by atoms with E-state index in [1.165, 1.54) is 0 Å². The molecule has 0 bridgehead atoms. The summed E-state index contributed by atoms with van der Waals surface area (Å²) in [7, 11) is 3.47.